The van der Waals surface area contributed by atoms with E-state index in [-0.39, 0.29) is 11.8 Å². The summed E-state index contributed by atoms with van der Waals surface area (Å²) < 4.78 is 4.93. The third-order valence-electron chi connectivity index (χ3n) is 3.39. The lowest BCUT2D eigenvalue weighted by Gasteiger charge is -2.25. The fourth-order valence-electron chi connectivity index (χ4n) is 2.39. The predicted octanol–water partition coefficient (Wildman–Crippen LogP) is 1.16. The summed E-state index contributed by atoms with van der Waals surface area (Å²) in [5.41, 5.74) is 0. The first-order chi connectivity index (χ1) is 8.24. The maximum Gasteiger partial charge on any atom is 0.223 e. The Balaban J connectivity index is 2.04. The Kier molecular flexibility index (Phi) is 7.21. The molecule has 0 heterocycles. The van der Waals surface area contributed by atoms with Gasteiger partial charge in [0.2, 0.25) is 5.91 Å². The van der Waals surface area contributed by atoms with E-state index in [9.17, 15) is 4.79 Å². The number of rotatable bonds is 7. The molecule has 1 amide bonds. The lowest BCUT2D eigenvalue weighted by molar-refractivity contribution is -0.126. The molecular weight excluding hydrogens is 216 g/mol. The van der Waals surface area contributed by atoms with Crippen LogP contribution in [0.2, 0.25) is 0 Å². The van der Waals surface area contributed by atoms with Gasteiger partial charge in [-0.1, -0.05) is 19.8 Å². The van der Waals surface area contributed by atoms with Crippen molar-refractivity contribution in [1.82, 2.24) is 10.6 Å². The Morgan fingerprint density at radius 1 is 1.29 bits per heavy atom. The molecule has 0 radical (unpaired) electrons. The van der Waals surface area contributed by atoms with Gasteiger partial charge in [-0.2, -0.15) is 0 Å². The minimum atomic E-state index is 0.241. The van der Waals surface area contributed by atoms with Crippen LogP contribution in [-0.4, -0.2) is 39.3 Å². The molecule has 1 aliphatic carbocycles. The molecule has 2 N–H and O–H groups in total. The molecule has 0 unspecified atom stereocenters. The van der Waals surface area contributed by atoms with Crippen molar-refractivity contribution in [1.29, 1.82) is 0 Å². The predicted molar refractivity (Wildman–Crippen MR) is 68.9 cm³/mol. The molecule has 0 aromatic rings. The van der Waals surface area contributed by atoms with Crippen molar-refractivity contribution in [2.45, 2.75) is 32.6 Å². The van der Waals surface area contributed by atoms with Crippen molar-refractivity contribution in [2.24, 2.45) is 11.8 Å². The van der Waals surface area contributed by atoms with Crippen molar-refractivity contribution < 1.29 is 9.53 Å². The van der Waals surface area contributed by atoms with Crippen LogP contribution in [0.25, 0.3) is 0 Å². The maximum atomic E-state index is 11.9. The molecule has 4 heteroatoms. The molecule has 100 valence electrons. The molecular formula is C13H26N2O2. The smallest absolute Gasteiger partial charge is 0.223 e. The third-order valence-corrected chi connectivity index (χ3v) is 3.39. The lowest BCUT2D eigenvalue weighted by atomic mass is 9.82. The standard InChI is InChI=1S/C13H26N2O2/c1-11-4-3-5-12(10-11)13(16)15-7-6-14-8-9-17-2/h11-12,14H,3-10H2,1-2H3,(H,15,16)/t11-,12+/m0/s1. The summed E-state index contributed by atoms with van der Waals surface area (Å²) in [6, 6.07) is 0. The molecule has 0 saturated heterocycles. The topological polar surface area (TPSA) is 50.4 Å². The number of amides is 1. The first-order valence-corrected chi connectivity index (χ1v) is 6.71. The van der Waals surface area contributed by atoms with Gasteiger partial charge in [-0.3, -0.25) is 4.79 Å². The number of hydrogen-bond donors (Lipinski definition) is 2. The Morgan fingerprint density at radius 2 is 2.12 bits per heavy atom. The van der Waals surface area contributed by atoms with Gasteiger partial charge in [-0.25, -0.2) is 0 Å². The molecule has 1 aliphatic rings. The maximum absolute atomic E-state index is 11.9. The van der Waals surface area contributed by atoms with E-state index in [1.54, 1.807) is 7.11 Å². The summed E-state index contributed by atoms with van der Waals surface area (Å²) in [7, 11) is 1.69. The summed E-state index contributed by atoms with van der Waals surface area (Å²) >= 11 is 0. The van der Waals surface area contributed by atoms with E-state index in [1.807, 2.05) is 0 Å². The first-order valence-electron chi connectivity index (χ1n) is 6.71. The molecule has 0 spiro atoms. The van der Waals surface area contributed by atoms with Gasteiger partial charge < -0.3 is 15.4 Å². The number of methoxy groups -OCH3 is 1. The molecule has 1 saturated carbocycles. The molecule has 2 atom stereocenters. The molecule has 1 rings (SSSR count). The summed E-state index contributed by atoms with van der Waals surface area (Å²) in [6.07, 6.45) is 4.60. The highest BCUT2D eigenvalue weighted by molar-refractivity contribution is 5.78. The monoisotopic (exact) mass is 242 g/mol. The minimum Gasteiger partial charge on any atom is -0.383 e. The molecule has 4 nitrogen and oxygen atoms in total. The molecule has 0 bridgehead atoms. The highest BCUT2D eigenvalue weighted by Gasteiger charge is 2.24. The Labute approximate surface area is 104 Å². The highest BCUT2D eigenvalue weighted by atomic mass is 16.5. The van der Waals surface area contributed by atoms with Crippen LogP contribution in [0.1, 0.15) is 32.6 Å². The van der Waals surface area contributed by atoms with Crippen LogP contribution >= 0.6 is 0 Å². The van der Waals surface area contributed by atoms with Crippen LogP contribution in [0.3, 0.4) is 0 Å². The van der Waals surface area contributed by atoms with Crippen molar-refractivity contribution >= 4 is 5.91 Å². The molecule has 17 heavy (non-hydrogen) atoms. The van der Waals surface area contributed by atoms with E-state index >= 15 is 0 Å². The Hall–Kier alpha value is -0.610. The van der Waals surface area contributed by atoms with Gasteiger partial charge in [0.1, 0.15) is 0 Å². The van der Waals surface area contributed by atoms with E-state index in [0.717, 1.165) is 25.9 Å². The summed E-state index contributed by atoms with van der Waals surface area (Å²) in [5.74, 6) is 1.20. The van der Waals surface area contributed by atoms with Crippen LogP contribution in [-0.2, 0) is 9.53 Å². The van der Waals surface area contributed by atoms with Crippen molar-refractivity contribution in [3.63, 3.8) is 0 Å². The second kappa shape index (κ2) is 8.48. The fraction of sp³-hybridized carbons (Fsp3) is 0.923. The summed E-state index contributed by atoms with van der Waals surface area (Å²) in [6.45, 7) is 5.33. The SMILES string of the molecule is COCCNCCNC(=O)[C@@H]1CCC[C@H](C)C1. The van der Waals surface area contributed by atoms with Gasteiger partial charge in [0, 0.05) is 32.7 Å². The van der Waals surface area contributed by atoms with Crippen LogP contribution in [0.4, 0.5) is 0 Å². The average molecular weight is 242 g/mol. The molecule has 0 aromatic heterocycles. The number of ether oxygens (including phenoxy) is 1. The van der Waals surface area contributed by atoms with E-state index in [2.05, 4.69) is 17.6 Å². The third kappa shape index (κ3) is 6.03. The Bertz CT molecular complexity index is 221. The fourth-order valence-corrected chi connectivity index (χ4v) is 2.39. The number of carbonyl (C=O) groups excluding carboxylic acids is 1. The zero-order chi connectivity index (χ0) is 12.5. The minimum absolute atomic E-state index is 0.241. The van der Waals surface area contributed by atoms with Crippen molar-refractivity contribution in [3.8, 4) is 0 Å². The normalized spacial score (nSPS) is 24.6. The van der Waals surface area contributed by atoms with Crippen molar-refractivity contribution in [3.05, 3.63) is 0 Å². The number of carbonyl (C=O) groups is 1. The van der Waals surface area contributed by atoms with E-state index < -0.39 is 0 Å². The second-order valence-electron chi connectivity index (χ2n) is 5.00. The molecule has 0 aliphatic heterocycles. The number of hydrogen-bond acceptors (Lipinski definition) is 3. The van der Waals surface area contributed by atoms with Gasteiger partial charge in [0.15, 0.2) is 0 Å². The van der Waals surface area contributed by atoms with Gasteiger partial charge >= 0.3 is 0 Å². The quantitative estimate of drug-likeness (QED) is 0.659. The zero-order valence-electron chi connectivity index (χ0n) is 11.1. The van der Waals surface area contributed by atoms with Gasteiger partial charge in [-0.15, -0.1) is 0 Å². The Morgan fingerprint density at radius 3 is 2.82 bits per heavy atom. The highest BCUT2D eigenvalue weighted by Crippen LogP contribution is 2.28. The van der Waals surface area contributed by atoms with E-state index in [4.69, 9.17) is 4.74 Å². The van der Waals surface area contributed by atoms with E-state index in [1.165, 1.54) is 12.8 Å². The van der Waals surface area contributed by atoms with Crippen LogP contribution in [0, 0.1) is 11.8 Å². The van der Waals surface area contributed by atoms with Crippen LogP contribution in [0.15, 0.2) is 0 Å². The summed E-state index contributed by atoms with van der Waals surface area (Å²) in [5, 5.41) is 6.22. The van der Waals surface area contributed by atoms with E-state index in [0.29, 0.717) is 19.1 Å². The summed E-state index contributed by atoms with van der Waals surface area (Å²) in [4.78, 5) is 11.9. The van der Waals surface area contributed by atoms with Crippen LogP contribution in [0.5, 0.6) is 0 Å². The van der Waals surface area contributed by atoms with Gasteiger partial charge in [0.25, 0.3) is 0 Å². The van der Waals surface area contributed by atoms with Gasteiger partial charge in [0.05, 0.1) is 6.61 Å². The lowest BCUT2D eigenvalue weighted by Crippen LogP contribution is -2.38. The first kappa shape index (κ1) is 14.5. The number of nitrogens with one attached hydrogen (secondary N) is 2. The van der Waals surface area contributed by atoms with Crippen molar-refractivity contribution in [2.75, 3.05) is 33.4 Å². The molecule has 1 fully saturated rings. The zero-order valence-corrected chi connectivity index (χ0v) is 11.1. The average Bonchev–Trinajstić information content (AvgIpc) is 2.33. The molecule has 0 aromatic carbocycles. The largest absolute Gasteiger partial charge is 0.383 e. The van der Waals surface area contributed by atoms with Crippen LogP contribution < -0.4 is 10.6 Å². The second-order valence-corrected chi connectivity index (χ2v) is 5.00. The van der Waals surface area contributed by atoms with Gasteiger partial charge in [-0.05, 0) is 18.8 Å².